The molecule has 0 unspecified atom stereocenters. The van der Waals surface area contributed by atoms with Crippen molar-refractivity contribution in [2.24, 2.45) is 0 Å². The summed E-state index contributed by atoms with van der Waals surface area (Å²) in [6, 6.07) is 6.19. The first-order valence-electron chi connectivity index (χ1n) is 3.09. The van der Waals surface area contributed by atoms with Gasteiger partial charge in [0.25, 0.3) is 0 Å². The zero-order chi connectivity index (χ0) is 8.43. The Bertz CT molecular complexity index is 265. The van der Waals surface area contributed by atoms with E-state index in [0.717, 1.165) is 5.69 Å². The molecule has 1 aromatic carbocycles. The van der Waals surface area contributed by atoms with E-state index >= 15 is 0 Å². The summed E-state index contributed by atoms with van der Waals surface area (Å²) < 4.78 is 1.51. The van der Waals surface area contributed by atoms with Crippen molar-refractivity contribution in [3.8, 4) is 0 Å². The molecule has 1 rings (SSSR count). The van der Waals surface area contributed by atoms with Crippen LogP contribution in [0.25, 0.3) is 0 Å². The number of benzene rings is 1. The van der Waals surface area contributed by atoms with E-state index in [1.54, 1.807) is 0 Å². The molecule has 0 atom stereocenters. The second kappa shape index (κ2) is 6.29. The Kier molecular flexibility index (Phi) is 7.22. The second-order valence-electron chi connectivity index (χ2n) is 2.28. The van der Waals surface area contributed by atoms with Gasteiger partial charge >= 0.3 is 94.7 Å². The summed E-state index contributed by atoms with van der Waals surface area (Å²) in [4.78, 5) is 0. The van der Waals surface area contributed by atoms with Gasteiger partial charge in [0.2, 0.25) is 0 Å². The zero-order valence-corrected chi connectivity index (χ0v) is 14.9. The number of hydrogen-bond donors (Lipinski definition) is 1. The molecule has 1 aromatic rings. The topological polar surface area (TPSA) is 26.0 Å². The fourth-order valence-corrected chi connectivity index (χ4v) is 7.58. The van der Waals surface area contributed by atoms with Gasteiger partial charge in [-0.2, -0.15) is 0 Å². The number of anilines is 1. The molecule has 0 fully saturated rings. The van der Waals surface area contributed by atoms with Crippen LogP contribution in [-0.2, 0) is 0 Å². The van der Waals surface area contributed by atoms with E-state index in [0.29, 0.717) is 0 Å². The molecule has 0 aliphatic heterocycles. The number of aryl methyl sites for hydroxylation is 1. The third-order valence-electron chi connectivity index (χ3n) is 1.40. The van der Waals surface area contributed by atoms with Gasteiger partial charge in [-0.3, -0.25) is 0 Å². The number of rotatable bonds is 1. The van der Waals surface area contributed by atoms with Gasteiger partial charge in [0.15, 0.2) is 0 Å². The van der Waals surface area contributed by atoms with E-state index in [-0.39, 0.29) is 24.0 Å². The molecule has 68 valence electrons. The van der Waals surface area contributed by atoms with Crippen molar-refractivity contribution in [1.29, 1.82) is 0 Å². The summed E-state index contributed by atoms with van der Waals surface area (Å²) in [7, 11) is -0.766. The molecular weight excluding hydrogens is 554 g/mol. The molecule has 2 N–H and O–H groups in total. The molecule has 0 aliphatic carbocycles. The van der Waals surface area contributed by atoms with Crippen LogP contribution in [-0.4, -0.2) is 7.95 Å². The van der Waals surface area contributed by atoms with E-state index in [4.69, 9.17) is 5.73 Å². The first kappa shape index (κ1) is 13.8. The summed E-state index contributed by atoms with van der Waals surface area (Å²) >= 11 is 5.07. The third kappa shape index (κ3) is 3.87. The van der Waals surface area contributed by atoms with Crippen molar-refractivity contribution < 1.29 is 0 Å². The largest absolute Gasteiger partial charge is 0.107 e. The van der Waals surface area contributed by atoms with E-state index in [1.165, 1.54) is 9.91 Å². The summed E-state index contributed by atoms with van der Waals surface area (Å²) in [5, 5.41) is 0. The van der Waals surface area contributed by atoms with Crippen molar-refractivity contribution in [2.45, 2.75) is 6.92 Å². The second-order valence-corrected chi connectivity index (χ2v) is 23.9. The van der Waals surface area contributed by atoms with E-state index in [9.17, 15) is 0 Å². The van der Waals surface area contributed by atoms with Crippen LogP contribution in [0.3, 0.4) is 0 Å². The predicted octanol–water partition coefficient (Wildman–Crippen LogP) is 2.76. The molecule has 0 spiro atoms. The van der Waals surface area contributed by atoms with Gasteiger partial charge in [-0.1, -0.05) is 0 Å². The van der Waals surface area contributed by atoms with Crippen LogP contribution in [0.15, 0.2) is 18.2 Å². The van der Waals surface area contributed by atoms with Crippen molar-refractivity contribution in [1.82, 2.24) is 0 Å². The molecule has 12 heavy (non-hydrogen) atoms. The maximum Gasteiger partial charge on any atom is -0.107 e. The van der Waals surface area contributed by atoms with Crippen molar-refractivity contribution in [3.63, 3.8) is 0 Å². The zero-order valence-electron chi connectivity index (χ0n) is 6.42. The van der Waals surface area contributed by atoms with Crippen molar-refractivity contribution in [2.75, 3.05) is 5.73 Å². The number of nitrogens with two attached hydrogens (primary N) is 1. The Morgan fingerprint density at radius 2 is 1.92 bits per heavy atom. The van der Waals surface area contributed by atoms with Crippen LogP contribution < -0.4 is 10.1 Å². The fraction of sp³-hybridized carbons (Fsp3) is 0.143. The van der Waals surface area contributed by atoms with Gasteiger partial charge in [-0.25, -0.2) is 0 Å². The Balaban J connectivity index is 0.00000121. The molecule has 0 aliphatic rings. The third-order valence-corrected chi connectivity index (χ3v) is 8.62. The molecule has 0 saturated carbocycles. The van der Waals surface area contributed by atoms with Gasteiger partial charge in [-0.15, -0.1) is 24.0 Å². The van der Waals surface area contributed by atoms with Gasteiger partial charge < -0.3 is 0 Å². The molecule has 0 heterocycles. The Hall–Kier alpha value is 1.77. The summed E-state index contributed by atoms with van der Waals surface area (Å²) in [6.45, 7) is 2.13. The molecule has 0 radical (unpaired) electrons. The molecule has 1 nitrogen and oxygen atoms in total. The van der Waals surface area contributed by atoms with Crippen molar-refractivity contribution in [3.05, 3.63) is 23.8 Å². The van der Waals surface area contributed by atoms with Crippen LogP contribution in [0.5, 0.6) is 0 Å². The number of halogens is 3. The van der Waals surface area contributed by atoms with Gasteiger partial charge in [0, 0.05) is 0 Å². The molecular formula is C7H9AsI3N. The minimum Gasteiger partial charge on any atom is -0.107 e. The Morgan fingerprint density at radius 3 is 2.33 bits per heavy atom. The minimum atomic E-state index is -0.766. The molecule has 0 saturated heterocycles. The van der Waals surface area contributed by atoms with Crippen LogP contribution in [0.2, 0.25) is 0 Å². The van der Waals surface area contributed by atoms with E-state index in [2.05, 4.69) is 59.3 Å². The van der Waals surface area contributed by atoms with E-state index in [1.807, 2.05) is 6.07 Å². The summed E-state index contributed by atoms with van der Waals surface area (Å²) in [5.41, 5.74) is 7.85. The van der Waals surface area contributed by atoms with Crippen LogP contribution in [0.4, 0.5) is 5.69 Å². The maximum absolute atomic E-state index is 5.64. The minimum absolute atomic E-state index is 0. The van der Waals surface area contributed by atoms with Crippen molar-refractivity contribution >= 4 is 82.2 Å². The SMILES string of the molecule is Cc1cc(N)ccc1[As](I)I.I. The normalized spacial score (nSPS) is 9.67. The van der Waals surface area contributed by atoms with Crippen LogP contribution in [0, 0.1) is 6.92 Å². The summed E-state index contributed by atoms with van der Waals surface area (Å²) in [5.74, 6) is 0. The molecule has 5 heteroatoms. The number of nitrogen functional groups attached to an aromatic ring is 1. The van der Waals surface area contributed by atoms with Gasteiger partial charge in [-0.05, 0) is 0 Å². The first-order valence-corrected chi connectivity index (χ1v) is 15.5. The molecule has 0 bridgehead atoms. The average molecular weight is 563 g/mol. The average Bonchev–Trinajstić information content (AvgIpc) is 1.85. The van der Waals surface area contributed by atoms with Crippen LogP contribution in [0.1, 0.15) is 5.56 Å². The molecule has 0 amide bonds. The smallest absolute Gasteiger partial charge is 0.107 e. The quantitative estimate of drug-likeness (QED) is 0.318. The van der Waals surface area contributed by atoms with E-state index < -0.39 is 7.95 Å². The summed E-state index contributed by atoms with van der Waals surface area (Å²) in [6.07, 6.45) is 0. The van der Waals surface area contributed by atoms with Gasteiger partial charge in [0.05, 0.1) is 0 Å². The van der Waals surface area contributed by atoms with Crippen LogP contribution >= 0.6 is 64.2 Å². The Labute approximate surface area is 117 Å². The standard InChI is InChI=1S/C7H8AsI2N.HI/c1-5-4-6(11)2-3-7(5)8(9)10;/h2-4H,11H2,1H3;1H. The molecule has 0 aromatic heterocycles. The van der Waals surface area contributed by atoms with Gasteiger partial charge in [0.1, 0.15) is 0 Å². The Morgan fingerprint density at radius 1 is 1.33 bits per heavy atom. The monoisotopic (exact) mass is 563 g/mol. The maximum atomic E-state index is 5.64. The first-order chi connectivity index (χ1) is 5.11. The number of hydrogen-bond acceptors (Lipinski definition) is 1. The predicted molar refractivity (Wildman–Crippen MR) is 84.4 cm³/mol. The fourth-order valence-electron chi connectivity index (χ4n) is 0.868.